The second kappa shape index (κ2) is 4.77. The highest BCUT2D eigenvalue weighted by molar-refractivity contribution is 5.31. The molecule has 1 aliphatic rings. The van der Waals surface area contributed by atoms with Crippen molar-refractivity contribution in [3.8, 4) is 0 Å². The van der Waals surface area contributed by atoms with Crippen molar-refractivity contribution < 1.29 is 0 Å². The normalized spacial score (nSPS) is 21.1. The molecule has 1 aromatic carbocycles. The Balaban J connectivity index is 2.32. The molecule has 82 valence electrons. The van der Waals surface area contributed by atoms with Crippen LogP contribution < -0.4 is 5.32 Å². The molecule has 0 aliphatic carbocycles. The number of nitrogens with zero attached hydrogens (tertiary/aromatic N) is 1. The maximum absolute atomic E-state index is 3.49. The predicted molar refractivity (Wildman–Crippen MR) is 63.8 cm³/mol. The maximum atomic E-state index is 3.49. The number of hydrogen-bond acceptors (Lipinski definition) is 2. The van der Waals surface area contributed by atoms with Crippen molar-refractivity contribution in [2.75, 3.05) is 20.1 Å². The highest BCUT2D eigenvalue weighted by Crippen LogP contribution is 2.27. The fourth-order valence-electron chi connectivity index (χ4n) is 2.32. The Morgan fingerprint density at radius 3 is 3.00 bits per heavy atom. The highest BCUT2D eigenvalue weighted by Gasteiger charge is 2.20. The summed E-state index contributed by atoms with van der Waals surface area (Å²) < 4.78 is 0. The lowest BCUT2D eigenvalue weighted by Gasteiger charge is -2.27. The van der Waals surface area contributed by atoms with Gasteiger partial charge in [-0.3, -0.25) is 4.90 Å². The zero-order chi connectivity index (χ0) is 10.7. The van der Waals surface area contributed by atoms with Crippen LogP contribution in [0.3, 0.4) is 0 Å². The van der Waals surface area contributed by atoms with Gasteiger partial charge in [-0.1, -0.05) is 31.2 Å². The maximum Gasteiger partial charge on any atom is 0.0360 e. The van der Waals surface area contributed by atoms with E-state index in [2.05, 4.69) is 48.5 Å². The SMILES string of the molecule is CCN(C)C1CCNCc2ccccc21. The first-order valence-corrected chi connectivity index (χ1v) is 5.81. The van der Waals surface area contributed by atoms with Crippen LogP contribution in [0, 0.1) is 0 Å². The van der Waals surface area contributed by atoms with Gasteiger partial charge in [-0.15, -0.1) is 0 Å². The molecule has 1 aromatic rings. The molecule has 1 aliphatic heterocycles. The molecule has 0 bridgehead atoms. The van der Waals surface area contributed by atoms with Gasteiger partial charge < -0.3 is 5.32 Å². The molecule has 2 heteroatoms. The van der Waals surface area contributed by atoms with Crippen LogP contribution >= 0.6 is 0 Å². The van der Waals surface area contributed by atoms with Gasteiger partial charge in [-0.05, 0) is 37.7 Å². The van der Waals surface area contributed by atoms with Gasteiger partial charge in [0.1, 0.15) is 0 Å². The minimum atomic E-state index is 0.584. The second-order valence-corrected chi connectivity index (χ2v) is 4.25. The molecule has 0 radical (unpaired) electrons. The van der Waals surface area contributed by atoms with E-state index in [1.54, 1.807) is 0 Å². The van der Waals surface area contributed by atoms with E-state index in [4.69, 9.17) is 0 Å². The van der Waals surface area contributed by atoms with Crippen LogP contribution in [0.1, 0.15) is 30.5 Å². The first-order chi connectivity index (χ1) is 7.33. The molecule has 15 heavy (non-hydrogen) atoms. The highest BCUT2D eigenvalue weighted by atomic mass is 15.1. The van der Waals surface area contributed by atoms with Gasteiger partial charge in [0.25, 0.3) is 0 Å². The number of fused-ring (bicyclic) bond motifs is 1. The third kappa shape index (κ3) is 2.21. The summed E-state index contributed by atoms with van der Waals surface area (Å²) in [7, 11) is 2.22. The summed E-state index contributed by atoms with van der Waals surface area (Å²) in [5, 5.41) is 3.49. The van der Waals surface area contributed by atoms with Gasteiger partial charge in [0.15, 0.2) is 0 Å². The van der Waals surface area contributed by atoms with Gasteiger partial charge in [-0.25, -0.2) is 0 Å². The summed E-state index contributed by atoms with van der Waals surface area (Å²) in [5.74, 6) is 0. The summed E-state index contributed by atoms with van der Waals surface area (Å²) >= 11 is 0. The summed E-state index contributed by atoms with van der Waals surface area (Å²) in [6.07, 6.45) is 1.21. The Morgan fingerprint density at radius 1 is 1.40 bits per heavy atom. The van der Waals surface area contributed by atoms with E-state index < -0.39 is 0 Å². The van der Waals surface area contributed by atoms with E-state index in [0.29, 0.717) is 6.04 Å². The number of nitrogens with one attached hydrogen (secondary N) is 1. The van der Waals surface area contributed by atoms with Crippen LogP contribution in [-0.2, 0) is 6.54 Å². The van der Waals surface area contributed by atoms with E-state index in [1.165, 1.54) is 17.5 Å². The smallest absolute Gasteiger partial charge is 0.0360 e. The third-order valence-electron chi connectivity index (χ3n) is 3.35. The topological polar surface area (TPSA) is 15.3 Å². The first-order valence-electron chi connectivity index (χ1n) is 5.81. The van der Waals surface area contributed by atoms with Crippen LogP contribution in [0.2, 0.25) is 0 Å². The summed E-state index contributed by atoms with van der Waals surface area (Å²) in [4.78, 5) is 2.44. The molecular formula is C13H20N2. The molecule has 1 heterocycles. The zero-order valence-corrected chi connectivity index (χ0v) is 9.66. The molecule has 1 unspecified atom stereocenters. The molecule has 0 amide bonds. The van der Waals surface area contributed by atoms with E-state index >= 15 is 0 Å². The van der Waals surface area contributed by atoms with Crippen LogP contribution in [0.25, 0.3) is 0 Å². The van der Waals surface area contributed by atoms with Gasteiger partial charge in [0.2, 0.25) is 0 Å². The Morgan fingerprint density at radius 2 is 2.20 bits per heavy atom. The largest absolute Gasteiger partial charge is 0.313 e. The molecule has 0 saturated heterocycles. The molecule has 0 spiro atoms. The fourth-order valence-corrected chi connectivity index (χ4v) is 2.32. The van der Waals surface area contributed by atoms with E-state index in [1.807, 2.05) is 0 Å². The van der Waals surface area contributed by atoms with Gasteiger partial charge in [-0.2, -0.15) is 0 Å². The van der Waals surface area contributed by atoms with Crippen molar-refractivity contribution in [2.24, 2.45) is 0 Å². The molecule has 1 N–H and O–H groups in total. The van der Waals surface area contributed by atoms with Gasteiger partial charge in [0, 0.05) is 12.6 Å². The van der Waals surface area contributed by atoms with E-state index in [9.17, 15) is 0 Å². The summed E-state index contributed by atoms with van der Waals surface area (Å²) in [5.41, 5.74) is 2.96. The molecular weight excluding hydrogens is 184 g/mol. The summed E-state index contributed by atoms with van der Waals surface area (Å²) in [6, 6.07) is 9.39. The van der Waals surface area contributed by atoms with Crippen molar-refractivity contribution in [3.63, 3.8) is 0 Å². The Hall–Kier alpha value is -0.860. The zero-order valence-electron chi connectivity index (χ0n) is 9.66. The van der Waals surface area contributed by atoms with Crippen LogP contribution in [0.5, 0.6) is 0 Å². The van der Waals surface area contributed by atoms with Crippen molar-refractivity contribution in [1.82, 2.24) is 10.2 Å². The second-order valence-electron chi connectivity index (χ2n) is 4.25. The van der Waals surface area contributed by atoms with Crippen molar-refractivity contribution in [1.29, 1.82) is 0 Å². The van der Waals surface area contributed by atoms with Crippen LogP contribution in [-0.4, -0.2) is 25.0 Å². The van der Waals surface area contributed by atoms with Gasteiger partial charge in [0.05, 0.1) is 0 Å². The molecule has 2 rings (SSSR count). The Labute approximate surface area is 92.3 Å². The third-order valence-corrected chi connectivity index (χ3v) is 3.35. The lowest BCUT2D eigenvalue weighted by Crippen LogP contribution is -2.25. The van der Waals surface area contributed by atoms with E-state index in [-0.39, 0.29) is 0 Å². The standard InChI is InChI=1S/C13H20N2/c1-3-15(2)13-8-9-14-10-11-6-4-5-7-12(11)13/h4-7,13-14H,3,8-10H2,1-2H3. The summed E-state index contributed by atoms with van der Waals surface area (Å²) in [6.45, 7) is 5.47. The van der Waals surface area contributed by atoms with Crippen molar-refractivity contribution in [2.45, 2.75) is 25.9 Å². The Kier molecular flexibility index (Phi) is 3.39. The molecule has 1 atom stereocenters. The van der Waals surface area contributed by atoms with Crippen molar-refractivity contribution in [3.05, 3.63) is 35.4 Å². The molecule has 0 fully saturated rings. The van der Waals surface area contributed by atoms with Crippen LogP contribution in [0.15, 0.2) is 24.3 Å². The van der Waals surface area contributed by atoms with Crippen molar-refractivity contribution >= 4 is 0 Å². The van der Waals surface area contributed by atoms with Crippen LogP contribution in [0.4, 0.5) is 0 Å². The number of hydrogen-bond donors (Lipinski definition) is 1. The lowest BCUT2D eigenvalue weighted by molar-refractivity contribution is 0.247. The lowest BCUT2D eigenvalue weighted by atomic mass is 9.98. The first kappa shape index (κ1) is 10.7. The fraction of sp³-hybridized carbons (Fsp3) is 0.538. The molecule has 0 saturated carbocycles. The average Bonchev–Trinajstić information content (AvgIpc) is 2.50. The molecule has 2 nitrogen and oxygen atoms in total. The van der Waals surface area contributed by atoms with E-state index in [0.717, 1.165) is 19.6 Å². The van der Waals surface area contributed by atoms with Gasteiger partial charge >= 0.3 is 0 Å². The predicted octanol–water partition coefficient (Wildman–Crippen LogP) is 2.17. The minimum Gasteiger partial charge on any atom is -0.313 e. The average molecular weight is 204 g/mol. The minimum absolute atomic E-state index is 0.584. The Bertz CT molecular complexity index is 322. The number of rotatable bonds is 2. The number of benzene rings is 1. The monoisotopic (exact) mass is 204 g/mol. The quantitative estimate of drug-likeness (QED) is 0.794. The molecule has 0 aromatic heterocycles.